The van der Waals surface area contributed by atoms with Gasteiger partial charge in [-0.2, -0.15) is 0 Å². The predicted molar refractivity (Wildman–Crippen MR) is 91.0 cm³/mol. The topological polar surface area (TPSA) is 86.7 Å². The Kier molecular flexibility index (Phi) is 11.7. The molecule has 0 aromatic carbocycles. The maximum Gasteiger partial charge on any atom is 0.306 e. The molecule has 6 heteroatoms. The van der Waals surface area contributed by atoms with Crippen molar-refractivity contribution in [1.29, 1.82) is 0 Å². The molecule has 0 aliphatic rings. The normalized spacial score (nSPS) is 14.2. The summed E-state index contributed by atoms with van der Waals surface area (Å²) in [5.41, 5.74) is 0. The van der Waals surface area contributed by atoms with Gasteiger partial charge in [-0.1, -0.05) is 39.0 Å². The predicted octanol–water partition coefficient (Wildman–Crippen LogP) is 1.25. The number of ether oxygens (including phenoxy) is 1. The van der Waals surface area contributed by atoms with Crippen molar-refractivity contribution >= 4 is 11.9 Å². The number of unbranched alkanes of at least 4 members (excludes halogenated alkanes) is 4. The van der Waals surface area contributed by atoms with Crippen molar-refractivity contribution in [2.75, 3.05) is 27.7 Å². The number of aliphatic hydroxyl groups is 1. The molecule has 24 heavy (non-hydrogen) atoms. The van der Waals surface area contributed by atoms with Crippen LogP contribution in [-0.4, -0.2) is 61.4 Å². The van der Waals surface area contributed by atoms with Crippen LogP contribution >= 0.6 is 0 Å². The molecular weight excluding hydrogens is 310 g/mol. The number of likely N-dealkylation sites (N-methyl/N-ethyl adjacent to an activating group) is 1. The Morgan fingerprint density at radius 2 is 1.71 bits per heavy atom. The van der Waals surface area contributed by atoms with Crippen LogP contribution in [0.2, 0.25) is 0 Å². The van der Waals surface area contributed by atoms with E-state index in [9.17, 15) is 19.8 Å². The van der Waals surface area contributed by atoms with E-state index in [2.05, 4.69) is 6.92 Å². The fourth-order valence-electron chi connectivity index (χ4n) is 2.60. The van der Waals surface area contributed by atoms with E-state index < -0.39 is 24.1 Å². The summed E-state index contributed by atoms with van der Waals surface area (Å²) in [6.07, 6.45) is 5.30. The number of rotatable bonds is 14. The lowest BCUT2D eigenvalue weighted by Gasteiger charge is -2.29. The maximum absolute atomic E-state index is 11.9. The zero-order valence-corrected chi connectivity index (χ0v) is 15.8. The number of carbonyl (C=O) groups excluding carboxylic acids is 2. The summed E-state index contributed by atoms with van der Waals surface area (Å²) >= 11 is 0. The molecule has 0 aromatic heterocycles. The number of nitrogens with zero attached hydrogens (tertiary/aromatic N) is 1. The summed E-state index contributed by atoms with van der Waals surface area (Å²) in [6.45, 7) is 2.56. The van der Waals surface area contributed by atoms with E-state index in [1.165, 1.54) is 19.3 Å². The van der Waals surface area contributed by atoms with Crippen LogP contribution in [0.4, 0.5) is 0 Å². The van der Waals surface area contributed by atoms with E-state index in [0.29, 0.717) is 23.9 Å². The first-order valence-corrected chi connectivity index (χ1v) is 9.02. The van der Waals surface area contributed by atoms with Crippen molar-refractivity contribution < 1.29 is 29.0 Å². The van der Waals surface area contributed by atoms with Gasteiger partial charge in [0.1, 0.15) is 6.54 Å². The number of carbonyl (C=O) groups is 2. The summed E-state index contributed by atoms with van der Waals surface area (Å²) in [4.78, 5) is 22.7. The molecule has 0 rings (SSSR count). The third-order valence-corrected chi connectivity index (χ3v) is 3.77. The van der Waals surface area contributed by atoms with Crippen LogP contribution in [0.25, 0.3) is 0 Å². The Morgan fingerprint density at radius 1 is 1.08 bits per heavy atom. The van der Waals surface area contributed by atoms with E-state index in [-0.39, 0.29) is 12.8 Å². The van der Waals surface area contributed by atoms with Gasteiger partial charge in [0.25, 0.3) is 0 Å². The van der Waals surface area contributed by atoms with E-state index in [4.69, 9.17) is 4.74 Å². The molecular formula is C18H35NO5. The lowest BCUT2D eigenvalue weighted by molar-refractivity contribution is -0.873. The van der Waals surface area contributed by atoms with Crippen molar-refractivity contribution in [3.05, 3.63) is 0 Å². The number of esters is 1. The second-order valence-electron chi connectivity index (χ2n) is 7.56. The molecule has 2 unspecified atom stereocenters. The largest absolute Gasteiger partial charge is 0.550 e. The summed E-state index contributed by atoms with van der Waals surface area (Å²) < 4.78 is 5.75. The van der Waals surface area contributed by atoms with Crippen LogP contribution in [0, 0.1) is 0 Å². The Morgan fingerprint density at radius 3 is 2.25 bits per heavy atom. The summed E-state index contributed by atoms with van der Waals surface area (Å²) in [7, 11) is 5.70. The number of hydrogen-bond donors (Lipinski definition) is 1. The quantitative estimate of drug-likeness (QED) is 0.291. The molecule has 0 fully saturated rings. The van der Waals surface area contributed by atoms with Gasteiger partial charge in [0.15, 0.2) is 6.10 Å². The van der Waals surface area contributed by atoms with Gasteiger partial charge in [-0.05, 0) is 12.8 Å². The zero-order valence-electron chi connectivity index (χ0n) is 15.8. The molecule has 0 amide bonds. The first-order chi connectivity index (χ1) is 11.1. The minimum atomic E-state index is -1.23. The first kappa shape index (κ1) is 22.9. The van der Waals surface area contributed by atoms with Gasteiger partial charge in [0.05, 0.1) is 27.2 Å². The van der Waals surface area contributed by atoms with Crippen LogP contribution in [0.3, 0.4) is 0 Å². The van der Waals surface area contributed by atoms with Gasteiger partial charge in [-0.25, -0.2) is 0 Å². The highest BCUT2D eigenvalue weighted by molar-refractivity contribution is 5.70. The molecule has 0 radical (unpaired) electrons. The molecule has 0 bridgehead atoms. The van der Waals surface area contributed by atoms with Gasteiger partial charge < -0.3 is 24.2 Å². The average molecular weight is 345 g/mol. The van der Waals surface area contributed by atoms with Gasteiger partial charge in [0, 0.05) is 18.8 Å². The second kappa shape index (κ2) is 12.3. The molecule has 0 heterocycles. The number of quaternary nitrogens is 1. The zero-order chi connectivity index (χ0) is 18.6. The molecule has 0 aliphatic heterocycles. The van der Waals surface area contributed by atoms with Crippen LogP contribution in [-0.2, 0) is 14.3 Å². The first-order valence-electron chi connectivity index (χ1n) is 9.02. The van der Waals surface area contributed by atoms with Crippen LogP contribution in [0.1, 0.15) is 64.7 Å². The summed E-state index contributed by atoms with van der Waals surface area (Å²) in [5, 5.41) is 20.7. The highest BCUT2D eigenvalue weighted by Crippen LogP contribution is 2.12. The molecule has 142 valence electrons. The number of carboxylic acids is 1. The van der Waals surface area contributed by atoms with Gasteiger partial charge in [0.2, 0.25) is 0 Å². The second-order valence-corrected chi connectivity index (χ2v) is 7.56. The number of hydrogen-bond acceptors (Lipinski definition) is 5. The Balaban J connectivity index is 4.07. The molecule has 2 atom stereocenters. The molecule has 6 nitrogen and oxygen atoms in total. The van der Waals surface area contributed by atoms with E-state index in [1.54, 1.807) is 0 Å². The molecule has 0 aliphatic carbocycles. The fraction of sp³-hybridized carbons (Fsp3) is 0.889. The van der Waals surface area contributed by atoms with E-state index in [1.807, 2.05) is 21.1 Å². The van der Waals surface area contributed by atoms with Crippen LogP contribution in [0.15, 0.2) is 0 Å². The monoisotopic (exact) mass is 345 g/mol. The van der Waals surface area contributed by atoms with Gasteiger partial charge >= 0.3 is 5.97 Å². The van der Waals surface area contributed by atoms with Crippen LogP contribution in [0.5, 0.6) is 0 Å². The maximum atomic E-state index is 11.9. The molecule has 0 aromatic rings. The van der Waals surface area contributed by atoms with Crippen molar-refractivity contribution in [3.8, 4) is 0 Å². The highest BCUT2D eigenvalue weighted by Gasteiger charge is 2.22. The molecule has 0 saturated carbocycles. The third kappa shape index (κ3) is 14.5. The highest BCUT2D eigenvalue weighted by atomic mass is 16.5. The van der Waals surface area contributed by atoms with Gasteiger partial charge in [-0.15, -0.1) is 0 Å². The van der Waals surface area contributed by atoms with Crippen molar-refractivity contribution in [3.63, 3.8) is 0 Å². The Labute approximate surface area is 146 Å². The number of aliphatic hydroxyl groups excluding tert-OH is 1. The molecule has 1 N–H and O–H groups in total. The average Bonchev–Trinajstić information content (AvgIpc) is 2.42. The lowest BCUT2D eigenvalue weighted by Crippen LogP contribution is -2.45. The fourth-order valence-corrected chi connectivity index (χ4v) is 2.60. The SMILES string of the molecule is CCCCCCCC(O)CCC(=O)OC(CC(=O)[O-])C[N+](C)(C)C. The Hall–Kier alpha value is -1.14. The van der Waals surface area contributed by atoms with E-state index in [0.717, 1.165) is 12.8 Å². The minimum Gasteiger partial charge on any atom is -0.550 e. The number of carboxylic acid groups (broad SMARTS) is 1. The molecule has 0 spiro atoms. The number of aliphatic carboxylic acids is 1. The molecule has 0 saturated heterocycles. The van der Waals surface area contributed by atoms with E-state index >= 15 is 0 Å². The van der Waals surface area contributed by atoms with Crippen molar-refractivity contribution in [2.24, 2.45) is 0 Å². The smallest absolute Gasteiger partial charge is 0.306 e. The Bertz CT molecular complexity index is 365. The van der Waals surface area contributed by atoms with Gasteiger partial charge in [-0.3, -0.25) is 4.79 Å². The van der Waals surface area contributed by atoms with Crippen molar-refractivity contribution in [2.45, 2.75) is 76.9 Å². The van der Waals surface area contributed by atoms with Crippen LogP contribution < -0.4 is 5.11 Å². The lowest BCUT2D eigenvalue weighted by atomic mass is 10.0. The standard InChI is InChI=1S/C18H35NO5/c1-5-6-7-8-9-10-15(20)11-12-18(23)24-16(13-17(21)22)14-19(2,3)4/h15-16,20H,5-14H2,1-4H3. The minimum absolute atomic E-state index is 0.108. The third-order valence-electron chi connectivity index (χ3n) is 3.77. The van der Waals surface area contributed by atoms with Crippen molar-refractivity contribution in [1.82, 2.24) is 0 Å². The summed E-state index contributed by atoms with van der Waals surface area (Å²) in [6, 6.07) is 0. The summed E-state index contributed by atoms with van der Waals surface area (Å²) in [5.74, 6) is -1.69.